The van der Waals surface area contributed by atoms with Crippen molar-refractivity contribution in [2.24, 2.45) is 0 Å². The average molecular weight is 498 g/mol. The number of hydrogen-bond acceptors (Lipinski definition) is 5. The highest BCUT2D eigenvalue weighted by atomic mass is 16.6. The van der Waals surface area contributed by atoms with Crippen molar-refractivity contribution in [3.8, 4) is 5.75 Å². The monoisotopic (exact) mass is 497 g/mol. The summed E-state index contributed by atoms with van der Waals surface area (Å²) in [4.78, 5) is 35.8. The minimum Gasteiger partial charge on any atom is -0.494 e. The van der Waals surface area contributed by atoms with E-state index in [9.17, 15) is 14.4 Å². The lowest BCUT2D eigenvalue weighted by molar-refractivity contribution is -0.121. The molecule has 0 aromatic heterocycles. The molecule has 2 aromatic carbocycles. The van der Waals surface area contributed by atoms with Gasteiger partial charge in [0.15, 0.2) is 0 Å². The molecule has 0 aliphatic heterocycles. The van der Waals surface area contributed by atoms with Crippen LogP contribution in [-0.4, -0.2) is 36.7 Å². The quantitative estimate of drug-likeness (QED) is 0.404. The third kappa shape index (κ3) is 11.3. The Morgan fingerprint density at radius 2 is 1.44 bits per heavy atom. The van der Waals surface area contributed by atoms with Crippen LogP contribution in [0.15, 0.2) is 48.5 Å². The van der Waals surface area contributed by atoms with E-state index in [0.29, 0.717) is 31.7 Å². The molecule has 3 N–H and O–H groups in total. The molecular formula is C28H39N3O5. The van der Waals surface area contributed by atoms with E-state index in [1.165, 1.54) is 5.56 Å². The number of ether oxygens (including phenoxy) is 2. The first-order valence-electron chi connectivity index (χ1n) is 12.2. The van der Waals surface area contributed by atoms with Gasteiger partial charge in [-0.15, -0.1) is 0 Å². The van der Waals surface area contributed by atoms with Crippen LogP contribution >= 0.6 is 0 Å². The highest BCUT2D eigenvalue weighted by molar-refractivity contribution is 5.93. The summed E-state index contributed by atoms with van der Waals surface area (Å²) in [5.74, 6) is 0.387. The van der Waals surface area contributed by atoms with Gasteiger partial charge in [-0.2, -0.15) is 0 Å². The number of hydrogen-bond donors (Lipinski definition) is 3. The highest BCUT2D eigenvalue weighted by Crippen LogP contribution is 2.24. The van der Waals surface area contributed by atoms with Gasteiger partial charge in [0.2, 0.25) is 11.8 Å². The molecule has 3 amide bonds. The van der Waals surface area contributed by atoms with E-state index in [0.717, 1.165) is 11.3 Å². The maximum Gasteiger partial charge on any atom is 0.408 e. The smallest absolute Gasteiger partial charge is 0.408 e. The van der Waals surface area contributed by atoms with Gasteiger partial charge in [0, 0.05) is 18.7 Å². The summed E-state index contributed by atoms with van der Waals surface area (Å²) in [5.41, 5.74) is 2.22. The van der Waals surface area contributed by atoms with Crippen LogP contribution in [0.2, 0.25) is 0 Å². The van der Waals surface area contributed by atoms with Gasteiger partial charge in [-0.05, 0) is 68.0 Å². The van der Waals surface area contributed by atoms with Gasteiger partial charge in [0.1, 0.15) is 17.9 Å². The first-order chi connectivity index (χ1) is 16.8. The Bertz CT molecular complexity index is 1000. The summed E-state index contributed by atoms with van der Waals surface area (Å²) < 4.78 is 10.8. The Morgan fingerprint density at radius 3 is 2.03 bits per heavy atom. The normalized spacial score (nSPS) is 11.4. The molecule has 0 unspecified atom stereocenters. The second kappa shape index (κ2) is 13.0. The third-order valence-electron chi connectivity index (χ3n) is 5.06. The second-order valence-electron chi connectivity index (χ2n) is 10.6. The van der Waals surface area contributed by atoms with Crippen molar-refractivity contribution in [2.75, 3.05) is 18.5 Å². The molecule has 0 radical (unpaired) electrons. The van der Waals surface area contributed by atoms with Gasteiger partial charge < -0.3 is 25.4 Å². The van der Waals surface area contributed by atoms with E-state index in [1.54, 1.807) is 32.9 Å². The lowest BCUT2D eigenvalue weighted by Crippen LogP contribution is -2.37. The highest BCUT2D eigenvalue weighted by Gasteiger charge is 2.16. The van der Waals surface area contributed by atoms with Crippen LogP contribution in [0.25, 0.3) is 0 Å². The fourth-order valence-corrected chi connectivity index (χ4v) is 3.14. The van der Waals surface area contributed by atoms with E-state index in [-0.39, 0.29) is 23.8 Å². The Kier molecular flexibility index (Phi) is 10.3. The van der Waals surface area contributed by atoms with Crippen molar-refractivity contribution < 1.29 is 23.9 Å². The first-order valence-corrected chi connectivity index (χ1v) is 12.2. The minimum atomic E-state index is -0.648. The first kappa shape index (κ1) is 28.7. The molecule has 36 heavy (non-hydrogen) atoms. The molecule has 0 atom stereocenters. The van der Waals surface area contributed by atoms with Crippen molar-refractivity contribution in [1.82, 2.24) is 10.6 Å². The zero-order valence-electron chi connectivity index (χ0n) is 22.2. The zero-order chi connectivity index (χ0) is 26.8. The Balaban J connectivity index is 1.63. The largest absolute Gasteiger partial charge is 0.494 e. The molecule has 196 valence electrons. The molecule has 2 aromatic rings. The summed E-state index contributed by atoms with van der Waals surface area (Å²) >= 11 is 0. The van der Waals surface area contributed by atoms with Crippen molar-refractivity contribution in [3.05, 3.63) is 59.7 Å². The molecule has 8 heteroatoms. The third-order valence-corrected chi connectivity index (χ3v) is 5.06. The van der Waals surface area contributed by atoms with Crippen LogP contribution < -0.4 is 20.7 Å². The summed E-state index contributed by atoms with van der Waals surface area (Å²) in [6, 6.07) is 15.2. The van der Waals surface area contributed by atoms with Crippen LogP contribution in [-0.2, 0) is 26.3 Å². The molecule has 0 spiro atoms. The van der Waals surface area contributed by atoms with Gasteiger partial charge in [-0.25, -0.2) is 4.79 Å². The van der Waals surface area contributed by atoms with E-state index < -0.39 is 11.7 Å². The van der Waals surface area contributed by atoms with Crippen molar-refractivity contribution in [2.45, 2.75) is 71.9 Å². The van der Waals surface area contributed by atoms with E-state index in [1.807, 2.05) is 24.3 Å². The van der Waals surface area contributed by atoms with Crippen LogP contribution in [0.1, 0.15) is 65.5 Å². The SMILES string of the molecule is CC(C)(C)OC(=O)NCC(=O)Nc1ccc(CNC(=O)CCCOc2ccc(C(C)(C)C)cc2)cc1. The lowest BCUT2D eigenvalue weighted by atomic mass is 9.87. The van der Waals surface area contributed by atoms with Crippen molar-refractivity contribution in [3.63, 3.8) is 0 Å². The summed E-state index contributed by atoms with van der Waals surface area (Å²) in [7, 11) is 0. The summed E-state index contributed by atoms with van der Waals surface area (Å²) in [6.07, 6.45) is 0.346. The fraction of sp³-hybridized carbons (Fsp3) is 0.464. The molecule has 0 bridgehead atoms. The molecular weight excluding hydrogens is 458 g/mol. The average Bonchev–Trinajstić information content (AvgIpc) is 2.79. The standard InChI is InChI=1S/C28H39N3O5/c1-27(2,3)21-11-15-23(16-12-21)35-17-7-8-24(32)29-18-20-9-13-22(14-10-20)31-25(33)19-30-26(34)36-28(4,5)6/h9-16H,7-8,17-19H2,1-6H3,(H,29,32)(H,30,34)(H,31,33). The molecule has 0 heterocycles. The van der Waals surface area contributed by atoms with Gasteiger partial charge in [-0.3, -0.25) is 9.59 Å². The molecule has 0 fully saturated rings. The number of carbonyl (C=O) groups is 3. The fourth-order valence-electron chi connectivity index (χ4n) is 3.14. The minimum absolute atomic E-state index is 0.0488. The number of benzene rings is 2. The topological polar surface area (TPSA) is 106 Å². The number of anilines is 1. The van der Waals surface area contributed by atoms with E-state index >= 15 is 0 Å². The number of nitrogens with one attached hydrogen (secondary N) is 3. The molecule has 8 nitrogen and oxygen atoms in total. The maximum atomic E-state index is 12.1. The molecule has 0 aliphatic rings. The Morgan fingerprint density at radius 1 is 0.806 bits per heavy atom. The zero-order valence-corrected chi connectivity index (χ0v) is 22.2. The summed E-state index contributed by atoms with van der Waals surface area (Å²) in [6.45, 7) is 12.4. The number of alkyl carbamates (subject to hydrolysis) is 1. The number of amides is 3. The predicted molar refractivity (Wildman–Crippen MR) is 141 cm³/mol. The Hall–Kier alpha value is -3.55. The second-order valence-corrected chi connectivity index (χ2v) is 10.6. The van der Waals surface area contributed by atoms with Crippen LogP contribution in [0, 0.1) is 0 Å². The predicted octanol–water partition coefficient (Wildman–Crippen LogP) is 4.92. The van der Waals surface area contributed by atoms with Crippen LogP contribution in [0.3, 0.4) is 0 Å². The molecule has 0 saturated carbocycles. The van der Waals surface area contributed by atoms with Gasteiger partial charge in [0.05, 0.1) is 6.61 Å². The van der Waals surface area contributed by atoms with Gasteiger partial charge in [-0.1, -0.05) is 45.0 Å². The van der Waals surface area contributed by atoms with E-state index in [2.05, 4.69) is 48.9 Å². The molecule has 0 aliphatic carbocycles. The lowest BCUT2D eigenvalue weighted by Gasteiger charge is -2.19. The maximum absolute atomic E-state index is 12.1. The van der Waals surface area contributed by atoms with Gasteiger partial charge in [0.25, 0.3) is 0 Å². The molecule has 2 rings (SSSR count). The Labute approximate surface area is 214 Å². The van der Waals surface area contributed by atoms with Crippen molar-refractivity contribution in [1.29, 1.82) is 0 Å². The van der Waals surface area contributed by atoms with E-state index in [4.69, 9.17) is 9.47 Å². The van der Waals surface area contributed by atoms with Crippen molar-refractivity contribution >= 4 is 23.6 Å². The molecule has 0 saturated heterocycles. The van der Waals surface area contributed by atoms with Gasteiger partial charge >= 0.3 is 6.09 Å². The summed E-state index contributed by atoms with van der Waals surface area (Å²) in [5, 5.41) is 8.00. The van der Waals surface area contributed by atoms with Crippen LogP contribution in [0.4, 0.5) is 10.5 Å². The number of rotatable bonds is 10. The van der Waals surface area contributed by atoms with Crippen LogP contribution in [0.5, 0.6) is 5.75 Å². The number of carbonyl (C=O) groups excluding carboxylic acids is 3.